The number of hydrogen-bond donors (Lipinski definition) is 2. The van der Waals surface area contributed by atoms with E-state index in [0.29, 0.717) is 12.2 Å². The quantitative estimate of drug-likeness (QED) is 0.893. The third-order valence-corrected chi connectivity index (χ3v) is 4.13. The van der Waals surface area contributed by atoms with Gasteiger partial charge in [0.1, 0.15) is 11.3 Å². The first-order valence-electron chi connectivity index (χ1n) is 7.05. The van der Waals surface area contributed by atoms with E-state index in [0.717, 1.165) is 5.69 Å². The summed E-state index contributed by atoms with van der Waals surface area (Å²) < 4.78 is 11.4. The number of methoxy groups -OCH3 is 1. The summed E-state index contributed by atoms with van der Waals surface area (Å²) in [6, 6.07) is 7.46. The van der Waals surface area contributed by atoms with Crippen LogP contribution in [0.15, 0.2) is 24.3 Å². The van der Waals surface area contributed by atoms with Crippen LogP contribution in [0.3, 0.4) is 0 Å². The van der Waals surface area contributed by atoms with Gasteiger partial charge < -0.3 is 20.5 Å². The number of ether oxygens (including phenoxy) is 2. The Bertz CT molecular complexity index is 554. The van der Waals surface area contributed by atoms with Gasteiger partial charge >= 0.3 is 0 Å². The Morgan fingerprint density at radius 3 is 2.38 bits per heavy atom. The number of primary amides is 1. The van der Waals surface area contributed by atoms with Crippen molar-refractivity contribution in [2.45, 2.75) is 50.9 Å². The summed E-state index contributed by atoms with van der Waals surface area (Å²) >= 11 is 0. The maximum Gasteiger partial charge on any atom is 0.246 e. The molecule has 1 fully saturated rings. The molecule has 1 atom stereocenters. The highest BCUT2D eigenvalue weighted by Crippen LogP contribution is 2.47. The number of amides is 1. The molecule has 0 aromatic heterocycles. The van der Waals surface area contributed by atoms with Crippen LogP contribution in [0.2, 0.25) is 0 Å². The Morgan fingerprint density at radius 1 is 1.29 bits per heavy atom. The van der Waals surface area contributed by atoms with Crippen molar-refractivity contribution in [3.8, 4) is 5.75 Å². The summed E-state index contributed by atoms with van der Waals surface area (Å²) in [5.41, 5.74) is 4.31. The minimum atomic E-state index is -0.995. The molecule has 5 heteroatoms. The smallest absolute Gasteiger partial charge is 0.246 e. The molecule has 1 saturated heterocycles. The molecular weight excluding hydrogens is 268 g/mol. The van der Waals surface area contributed by atoms with Crippen LogP contribution >= 0.6 is 0 Å². The normalized spacial score (nSPS) is 26.3. The average molecular weight is 292 g/mol. The first-order chi connectivity index (χ1) is 9.63. The molecule has 0 radical (unpaired) electrons. The van der Waals surface area contributed by atoms with Gasteiger partial charge in [-0.05, 0) is 39.8 Å². The number of anilines is 1. The Labute approximate surface area is 125 Å². The number of nitrogens with one attached hydrogen (secondary N) is 1. The van der Waals surface area contributed by atoms with E-state index in [-0.39, 0.29) is 0 Å². The lowest BCUT2D eigenvalue weighted by molar-refractivity contribution is -0.129. The number of carbonyl (C=O) groups excluding carboxylic acids is 1. The van der Waals surface area contributed by atoms with Crippen molar-refractivity contribution in [2.75, 3.05) is 12.4 Å². The van der Waals surface area contributed by atoms with Gasteiger partial charge in [0.2, 0.25) is 5.91 Å². The SMILES string of the molecule is COc1ccccc1NC1(C(N)=O)CC(C)(C)OC1(C)C. The Balaban J connectivity index is 2.48. The highest BCUT2D eigenvalue weighted by molar-refractivity contribution is 5.90. The predicted molar refractivity (Wildman–Crippen MR) is 82.4 cm³/mol. The van der Waals surface area contributed by atoms with Crippen LogP contribution in [0, 0.1) is 0 Å². The first kappa shape index (κ1) is 15.6. The molecule has 116 valence electrons. The van der Waals surface area contributed by atoms with Gasteiger partial charge in [-0.25, -0.2) is 0 Å². The van der Waals surface area contributed by atoms with Crippen LogP contribution in [0.1, 0.15) is 34.1 Å². The second-order valence-electron chi connectivity index (χ2n) is 6.64. The lowest BCUT2D eigenvalue weighted by Gasteiger charge is -2.38. The van der Waals surface area contributed by atoms with Crippen LogP contribution in [0.4, 0.5) is 5.69 Å². The molecule has 3 N–H and O–H groups in total. The van der Waals surface area contributed by atoms with Crippen LogP contribution in [0.5, 0.6) is 5.75 Å². The van der Waals surface area contributed by atoms with Gasteiger partial charge in [0.05, 0.1) is 24.0 Å². The molecule has 1 aromatic rings. The molecule has 0 aliphatic carbocycles. The van der Waals surface area contributed by atoms with E-state index in [1.807, 2.05) is 52.0 Å². The van der Waals surface area contributed by atoms with E-state index in [1.54, 1.807) is 7.11 Å². The first-order valence-corrected chi connectivity index (χ1v) is 7.05. The van der Waals surface area contributed by atoms with Crippen molar-refractivity contribution in [1.29, 1.82) is 0 Å². The van der Waals surface area contributed by atoms with Gasteiger partial charge in [-0.15, -0.1) is 0 Å². The summed E-state index contributed by atoms with van der Waals surface area (Å²) in [6.07, 6.45) is 0.486. The molecule has 5 nitrogen and oxygen atoms in total. The lowest BCUT2D eigenvalue weighted by atomic mass is 9.78. The van der Waals surface area contributed by atoms with E-state index in [4.69, 9.17) is 15.2 Å². The van der Waals surface area contributed by atoms with Crippen LogP contribution in [-0.2, 0) is 9.53 Å². The highest BCUT2D eigenvalue weighted by Gasteiger charge is 2.61. The highest BCUT2D eigenvalue weighted by atomic mass is 16.5. The number of benzene rings is 1. The van der Waals surface area contributed by atoms with Crippen LogP contribution in [0.25, 0.3) is 0 Å². The van der Waals surface area contributed by atoms with Gasteiger partial charge in [0.15, 0.2) is 0 Å². The topological polar surface area (TPSA) is 73.6 Å². The zero-order valence-corrected chi connectivity index (χ0v) is 13.3. The van der Waals surface area contributed by atoms with Crippen molar-refractivity contribution >= 4 is 11.6 Å². The summed E-state index contributed by atoms with van der Waals surface area (Å²) in [4.78, 5) is 12.3. The van der Waals surface area contributed by atoms with Crippen LogP contribution < -0.4 is 15.8 Å². The van der Waals surface area contributed by atoms with Crippen molar-refractivity contribution < 1.29 is 14.3 Å². The average Bonchev–Trinajstić information content (AvgIpc) is 2.55. The van der Waals surface area contributed by atoms with Crippen molar-refractivity contribution in [1.82, 2.24) is 0 Å². The number of nitrogens with two attached hydrogens (primary N) is 1. The molecule has 1 aliphatic heterocycles. The van der Waals surface area contributed by atoms with Crippen LogP contribution in [-0.4, -0.2) is 29.8 Å². The minimum Gasteiger partial charge on any atom is -0.495 e. The van der Waals surface area contributed by atoms with Gasteiger partial charge in [0, 0.05) is 6.42 Å². The molecule has 2 rings (SSSR count). The molecule has 1 aliphatic rings. The number of hydrogen-bond acceptors (Lipinski definition) is 4. The van der Waals surface area contributed by atoms with Crippen molar-refractivity contribution in [3.63, 3.8) is 0 Å². The maximum absolute atomic E-state index is 12.3. The third-order valence-electron chi connectivity index (χ3n) is 4.13. The van der Waals surface area contributed by atoms with E-state index in [1.165, 1.54) is 0 Å². The Hall–Kier alpha value is -1.75. The molecule has 1 aromatic carbocycles. The molecule has 0 spiro atoms. The number of carbonyl (C=O) groups is 1. The summed E-state index contributed by atoms with van der Waals surface area (Å²) in [7, 11) is 1.59. The van der Waals surface area contributed by atoms with E-state index in [9.17, 15) is 4.79 Å². The summed E-state index contributed by atoms with van der Waals surface area (Å²) in [6.45, 7) is 7.69. The molecular formula is C16H24N2O3. The van der Waals surface area contributed by atoms with E-state index in [2.05, 4.69) is 5.32 Å². The molecule has 1 heterocycles. The third kappa shape index (κ3) is 2.58. The number of para-hydroxylation sites is 2. The van der Waals surface area contributed by atoms with Gasteiger partial charge in [-0.2, -0.15) is 0 Å². The zero-order chi connectivity index (χ0) is 15.9. The van der Waals surface area contributed by atoms with E-state index >= 15 is 0 Å². The Kier molecular flexibility index (Phi) is 3.66. The minimum absolute atomic E-state index is 0.427. The molecule has 0 bridgehead atoms. The zero-order valence-electron chi connectivity index (χ0n) is 13.3. The Morgan fingerprint density at radius 2 is 1.90 bits per heavy atom. The van der Waals surface area contributed by atoms with E-state index < -0.39 is 22.6 Å². The fourth-order valence-electron chi connectivity index (χ4n) is 3.28. The predicted octanol–water partition coefficient (Wildman–Crippen LogP) is 2.31. The maximum atomic E-state index is 12.3. The lowest BCUT2D eigenvalue weighted by Crippen LogP contribution is -2.61. The molecule has 1 amide bonds. The fourth-order valence-corrected chi connectivity index (χ4v) is 3.28. The monoisotopic (exact) mass is 292 g/mol. The standard InChI is InChI=1S/C16H24N2O3/c1-14(2)10-16(13(17)19,15(3,4)21-14)18-11-8-6-7-9-12(11)20-5/h6-9,18H,10H2,1-5H3,(H2,17,19). The molecule has 1 unspecified atom stereocenters. The summed E-state index contributed by atoms with van der Waals surface area (Å²) in [5, 5.41) is 3.29. The fraction of sp³-hybridized carbons (Fsp3) is 0.562. The van der Waals surface area contributed by atoms with Gasteiger partial charge in [-0.3, -0.25) is 4.79 Å². The number of rotatable bonds is 4. The second kappa shape index (κ2) is 4.91. The van der Waals surface area contributed by atoms with Crippen molar-refractivity contribution in [2.24, 2.45) is 5.73 Å². The second-order valence-corrected chi connectivity index (χ2v) is 6.64. The van der Waals surface area contributed by atoms with Gasteiger partial charge in [0.25, 0.3) is 0 Å². The van der Waals surface area contributed by atoms with Crippen molar-refractivity contribution in [3.05, 3.63) is 24.3 Å². The largest absolute Gasteiger partial charge is 0.495 e. The molecule has 0 saturated carbocycles. The molecule has 21 heavy (non-hydrogen) atoms. The van der Waals surface area contributed by atoms with Gasteiger partial charge in [-0.1, -0.05) is 12.1 Å². The summed E-state index contributed by atoms with van der Waals surface area (Å²) in [5.74, 6) is 0.239.